The molecule has 0 spiro atoms. The van der Waals surface area contributed by atoms with Crippen molar-refractivity contribution in [2.45, 2.75) is 57.5 Å². The molecule has 0 aliphatic heterocycles. The van der Waals surface area contributed by atoms with E-state index in [4.69, 9.17) is 5.73 Å². The zero-order valence-corrected chi connectivity index (χ0v) is 12.5. The largest absolute Gasteiger partial charge is 0.352 e. The Balaban J connectivity index is 1.89. The van der Waals surface area contributed by atoms with Crippen LogP contribution < -0.4 is 11.1 Å². The summed E-state index contributed by atoms with van der Waals surface area (Å²) in [5.41, 5.74) is 6.76. The SMILES string of the molecule is C[C@@H](NC(=O)C(N)c1cnn(C)c1)C1CCCCCC1. The van der Waals surface area contributed by atoms with Crippen LogP contribution in [-0.2, 0) is 11.8 Å². The van der Waals surface area contributed by atoms with Crippen molar-refractivity contribution in [3.8, 4) is 0 Å². The van der Waals surface area contributed by atoms with Crippen LogP contribution in [0, 0.1) is 5.92 Å². The number of aromatic nitrogens is 2. The van der Waals surface area contributed by atoms with Crippen LogP contribution in [0.4, 0.5) is 0 Å². The van der Waals surface area contributed by atoms with Crippen molar-refractivity contribution >= 4 is 5.91 Å². The molecule has 1 aliphatic carbocycles. The molecular weight excluding hydrogens is 252 g/mol. The van der Waals surface area contributed by atoms with Gasteiger partial charge in [0.1, 0.15) is 6.04 Å². The standard InChI is InChI=1S/C15H26N4O/c1-11(12-7-5-3-4-6-8-12)18-15(20)14(16)13-9-17-19(2)10-13/h9-12,14H,3-8,16H2,1-2H3,(H,18,20)/t11-,14?/m1/s1. The van der Waals surface area contributed by atoms with Gasteiger partial charge in [-0.25, -0.2) is 0 Å². The Morgan fingerprint density at radius 1 is 1.40 bits per heavy atom. The lowest BCUT2D eigenvalue weighted by Crippen LogP contribution is -2.42. The third-order valence-electron chi connectivity index (χ3n) is 4.34. The number of nitrogens with one attached hydrogen (secondary N) is 1. The predicted molar refractivity (Wildman–Crippen MR) is 78.9 cm³/mol. The first kappa shape index (κ1) is 15.0. The van der Waals surface area contributed by atoms with Crippen molar-refractivity contribution in [1.82, 2.24) is 15.1 Å². The topological polar surface area (TPSA) is 72.9 Å². The molecule has 1 aromatic rings. The minimum absolute atomic E-state index is 0.102. The molecule has 1 amide bonds. The number of rotatable bonds is 4. The molecule has 20 heavy (non-hydrogen) atoms. The van der Waals surface area contributed by atoms with E-state index >= 15 is 0 Å². The molecule has 1 saturated carbocycles. The Labute approximate surface area is 120 Å². The Bertz CT molecular complexity index is 435. The first-order valence-corrected chi connectivity index (χ1v) is 7.62. The van der Waals surface area contributed by atoms with E-state index in [0.717, 1.165) is 5.56 Å². The molecule has 1 aliphatic rings. The van der Waals surface area contributed by atoms with E-state index in [1.807, 2.05) is 7.05 Å². The fourth-order valence-corrected chi connectivity index (χ4v) is 3.00. The van der Waals surface area contributed by atoms with Gasteiger partial charge in [-0.1, -0.05) is 25.7 Å². The van der Waals surface area contributed by atoms with Gasteiger partial charge in [-0.2, -0.15) is 5.10 Å². The Hall–Kier alpha value is -1.36. The zero-order chi connectivity index (χ0) is 14.5. The lowest BCUT2D eigenvalue weighted by molar-refractivity contribution is -0.123. The van der Waals surface area contributed by atoms with E-state index in [1.54, 1.807) is 17.1 Å². The van der Waals surface area contributed by atoms with Crippen molar-refractivity contribution in [2.75, 3.05) is 0 Å². The lowest BCUT2D eigenvalue weighted by atomic mass is 9.92. The molecule has 5 nitrogen and oxygen atoms in total. The van der Waals surface area contributed by atoms with Gasteiger partial charge in [0.05, 0.1) is 6.20 Å². The van der Waals surface area contributed by atoms with E-state index < -0.39 is 6.04 Å². The quantitative estimate of drug-likeness (QED) is 0.826. The smallest absolute Gasteiger partial charge is 0.241 e. The summed E-state index contributed by atoms with van der Waals surface area (Å²) < 4.78 is 1.66. The van der Waals surface area contributed by atoms with Crippen LogP contribution in [0.25, 0.3) is 0 Å². The maximum Gasteiger partial charge on any atom is 0.241 e. The number of hydrogen-bond acceptors (Lipinski definition) is 3. The Morgan fingerprint density at radius 3 is 2.60 bits per heavy atom. The summed E-state index contributed by atoms with van der Waals surface area (Å²) in [7, 11) is 1.82. The summed E-state index contributed by atoms with van der Waals surface area (Å²) in [5.74, 6) is 0.484. The molecular formula is C15H26N4O. The third-order valence-corrected chi connectivity index (χ3v) is 4.34. The maximum absolute atomic E-state index is 12.2. The Kier molecular flexibility index (Phi) is 5.17. The molecule has 1 heterocycles. The van der Waals surface area contributed by atoms with Crippen LogP contribution in [0.2, 0.25) is 0 Å². The van der Waals surface area contributed by atoms with E-state index in [9.17, 15) is 4.79 Å². The number of carbonyl (C=O) groups is 1. The normalized spacial score (nSPS) is 20.1. The fraction of sp³-hybridized carbons (Fsp3) is 0.733. The van der Waals surface area contributed by atoms with Gasteiger partial charge in [0.15, 0.2) is 0 Å². The van der Waals surface area contributed by atoms with Crippen LogP contribution in [-0.4, -0.2) is 21.7 Å². The molecule has 1 unspecified atom stereocenters. The number of nitrogens with two attached hydrogens (primary N) is 1. The molecule has 2 rings (SSSR count). The average molecular weight is 278 g/mol. The second-order valence-electron chi connectivity index (χ2n) is 5.97. The molecule has 1 fully saturated rings. The number of carbonyl (C=O) groups excluding carboxylic acids is 1. The second kappa shape index (κ2) is 6.88. The first-order chi connectivity index (χ1) is 9.58. The molecule has 112 valence electrons. The lowest BCUT2D eigenvalue weighted by Gasteiger charge is -2.24. The van der Waals surface area contributed by atoms with Gasteiger partial charge in [-0.05, 0) is 25.7 Å². The summed E-state index contributed by atoms with van der Waals surface area (Å²) in [4.78, 5) is 12.2. The Morgan fingerprint density at radius 2 is 2.05 bits per heavy atom. The van der Waals surface area contributed by atoms with Crippen LogP contribution in [0.1, 0.15) is 57.1 Å². The minimum Gasteiger partial charge on any atom is -0.352 e. The highest BCUT2D eigenvalue weighted by molar-refractivity contribution is 5.83. The highest BCUT2D eigenvalue weighted by Crippen LogP contribution is 2.25. The third kappa shape index (κ3) is 3.82. The van der Waals surface area contributed by atoms with Gasteiger partial charge >= 0.3 is 0 Å². The molecule has 1 aromatic heterocycles. The highest BCUT2D eigenvalue weighted by Gasteiger charge is 2.24. The predicted octanol–water partition coefficient (Wildman–Crippen LogP) is 1.89. The number of nitrogens with zero attached hydrogens (tertiary/aromatic N) is 2. The first-order valence-electron chi connectivity index (χ1n) is 7.62. The van der Waals surface area contributed by atoms with Gasteiger partial charge in [0.2, 0.25) is 5.91 Å². The summed E-state index contributed by atoms with van der Waals surface area (Å²) in [6.07, 6.45) is 11.1. The van der Waals surface area contributed by atoms with E-state index in [0.29, 0.717) is 5.92 Å². The molecule has 2 atom stereocenters. The number of aryl methyl sites for hydroxylation is 1. The van der Waals surface area contributed by atoms with Crippen LogP contribution >= 0.6 is 0 Å². The van der Waals surface area contributed by atoms with E-state index in [-0.39, 0.29) is 11.9 Å². The van der Waals surface area contributed by atoms with Gasteiger partial charge in [0.25, 0.3) is 0 Å². The highest BCUT2D eigenvalue weighted by atomic mass is 16.2. The molecule has 3 N–H and O–H groups in total. The second-order valence-corrected chi connectivity index (χ2v) is 5.97. The van der Waals surface area contributed by atoms with Gasteiger partial charge in [-0.3, -0.25) is 9.48 Å². The van der Waals surface area contributed by atoms with Crippen LogP contribution in [0.3, 0.4) is 0 Å². The van der Waals surface area contributed by atoms with E-state index in [2.05, 4.69) is 17.3 Å². The van der Waals surface area contributed by atoms with Crippen molar-refractivity contribution < 1.29 is 4.79 Å². The maximum atomic E-state index is 12.2. The number of amides is 1. The summed E-state index contributed by atoms with van der Waals surface area (Å²) in [6, 6.07) is -0.430. The van der Waals surface area contributed by atoms with Gasteiger partial charge in [-0.15, -0.1) is 0 Å². The molecule has 0 saturated heterocycles. The summed E-state index contributed by atoms with van der Waals surface area (Å²) in [5, 5.41) is 7.14. The van der Waals surface area contributed by atoms with Crippen molar-refractivity contribution in [1.29, 1.82) is 0 Å². The van der Waals surface area contributed by atoms with Gasteiger partial charge in [0, 0.05) is 24.8 Å². The average Bonchev–Trinajstić information content (AvgIpc) is 2.69. The minimum atomic E-state index is -0.628. The monoisotopic (exact) mass is 278 g/mol. The van der Waals surface area contributed by atoms with E-state index in [1.165, 1.54) is 38.5 Å². The van der Waals surface area contributed by atoms with Crippen LogP contribution in [0.15, 0.2) is 12.4 Å². The fourth-order valence-electron chi connectivity index (χ4n) is 3.00. The van der Waals surface area contributed by atoms with Gasteiger partial charge < -0.3 is 11.1 Å². The number of hydrogen-bond donors (Lipinski definition) is 2. The van der Waals surface area contributed by atoms with Crippen molar-refractivity contribution in [2.24, 2.45) is 18.7 Å². The molecule has 0 bridgehead atoms. The zero-order valence-electron chi connectivity index (χ0n) is 12.5. The molecule has 0 aromatic carbocycles. The summed E-state index contributed by atoms with van der Waals surface area (Å²) in [6.45, 7) is 2.10. The molecule has 0 radical (unpaired) electrons. The molecule has 5 heteroatoms. The van der Waals surface area contributed by atoms with Crippen molar-refractivity contribution in [3.63, 3.8) is 0 Å². The van der Waals surface area contributed by atoms with Crippen LogP contribution in [0.5, 0.6) is 0 Å². The van der Waals surface area contributed by atoms with Crippen molar-refractivity contribution in [3.05, 3.63) is 18.0 Å². The summed E-state index contributed by atoms with van der Waals surface area (Å²) >= 11 is 0.